The molecule has 12 nitrogen and oxygen atoms in total. The van der Waals surface area contributed by atoms with Crippen LogP contribution in [0.25, 0.3) is 21.8 Å². The molecule has 0 unspecified atom stereocenters. The number of unbranched alkanes of at least 4 members (excludes halogenated alkanes) is 1. The van der Waals surface area contributed by atoms with Gasteiger partial charge in [0.1, 0.15) is 23.5 Å². The molecular formula is C33H37ClF3N5O7. The van der Waals surface area contributed by atoms with Crippen molar-refractivity contribution in [2.45, 2.75) is 52.1 Å². The van der Waals surface area contributed by atoms with Gasteiger partial charge in [0.15, 0.2) is 0 Å². The minimum Gasteiger partial charge on any atom is -0.474 e. The molecule has 49 heavy (non-hydrogen) atoms. The van der Waals surface area contributed by atoms with Crippen LogP contribution in [0.4, 0.5) is 23.9 Å². The van der Waals surface area contributed by atoms with E-state index < -0.39 is 29.8 Å². The summed E-state index contributed by atoms with van der Waals surface area (Å²) in [5, 5.41) is 4.10. The summed E-state index contributed by atoms with van der Waals surface area (Å²) in [7, 11) is 3.00. The summed E-state index contributed by atoms with van der Waals surface area (Å²) < 4.78 is 63.9. The number of amides is 1. The van der Waals surface area contributed by atoms with Crippen LogP contribution in [0.3, 0.4) is 0 Å². The number of alkyl halides is 3. The molecule has 0 saturated carbocycles. The van der Waals surface area contributed by atoms with Crippen LogP contribution < -0.4 is 14.8 Å². The maximum Gasteiger partial charge on any atom is 0.573 e. The maximum absolute atomic E-state index is 12.9. The van der Waals surface area contributed by atoms with Gasteiger partial charge in [0.25, 0.3) is 0 Å². The van der Waals surface area contributed by atoms with E-state index in [0.717, 1.165) is 11.5 Å². The molecular weight excluding hydrogens is 671 g/mol. The lowest BCUT2D eigenvalue weighted by atomic mass is 10.1. The van der Waals surface area contributed by atoms with E-state index in [9.17, 15) is 22.8 Å². The van der Waals surface area contributed by atoms with Gasteiger partial charge in [0, 0.05) is 43.7 Å². The molecule has 2 heterocycles. The van der Waals surface area contributed by atoms with Gasteiger partial charge >= 0.3 is 18.4 Å². The largest absolute Gasteiger partial charge is 0.573 e. The van der Waals surface area contributed by atoms with Gasteiger partial charge in [-0.15, -0.1) is 13.2 Å². The number of carbonyl (C=O) groups is 2. The first-order valence-corrected chi connectivity index (χ1v) is 15.6. The zero-order valence-electron chi connectivity index (χ0n) is 27.6. The number of hydrogen-bond acceptors (Lipinski definition) is 11. The Morgan fingerprint density at radius 3 is 2.43 bits per heavy atom. The molecule has 0 bridgehead atoms. The van der Waals surface area contributed by atoms with Crippen molar-refractivity contribution in [1.29, 1.82) is 0 Å². The van der Waals surface area contributed by atoms with Gasteiger partial charge < -0.3 is 33.9 Å². The van der Waals surface area contributed by atoms with Gasteiger partial charge in [-0.3, -0.25) is 0 Å². The number of halogens is 4. The molecule has 1 amide bonds. The number of esters is 1. The van der Waals surface area contributed by atoms with Crippen LogP contribution in [0.1, 0.15) is 49.5 Å². The zero-order valence-corrected chi connectivity index (χ0v) is 28.4. The molecule has 0 aliphatic carbocycles. The van der Waals surface area contributed by atoms with Crippen LogP contribution in [-0.4, -0.2) is 84.4 Å². The molecule has 0 spiro atoms. The van der Waals surface area contributed by atoms with E-state index in [1.807, 2.05) is 0 Å². The highest BCUT2D eigenvalue weighted by molar-refractivity contribution is 6.32. The topological polar surface area (TPSA) is 134 Å². The van der Waals surface area contributed by atoms with Crippen LogP contribution >= 0.6 is 11.6 Å². The molecule has 4 rings (SSSR count). The van der Waals surface area contributed by atoms with Gasteiger partial charge in [0.05, 0.1) is 29.8 Å². The summed E-state index contributed by atoms with van der Waals surface area (Å²) >= 11 is 6.01. The summed E-state index contributed by atoms with van der Waals surface area (Å²) in [5.74, 6) is -0.389. The van der Waals surface area contributed by atoms with E-state index in [1.165, 1.54) is 24.1 Å². The molecule has 16 heteroatoms. The molecule has 264 valence electrons. The number of rotatable bonds is 14. The lowest BCUT2D eigenvalue weighted by Crippen LogP contribution is -2.37. The highest BCUT2D eigenvalue weighted by Crippen LogP contribution is 2.32. The smallest absolute Gasteiger partial charge is 0.474 e. The van der Waals surface area contributed by atoms with E-state index in [4.69, 9.17) is 30.5 Å². The molecule has 0 atom stereocenters. The van der Waals surface area contributed by atoms with Gasteiger partial charge in [-0.25, -0.2) is 24.5 Å². The lowest BCUT2D eigenvalue weighted by molar-refractivity contribution is -0.274. The monoisotopic (exact) mass is 707 g/mol. The molecule has 1 N–H and O–H groups in total. The van der Waals surface area contributed by atoms with Crippen molar-refractivity contribution < 1.29 is 46.4 Å². The average molecular weight is 708 g/mol. The van der Waals surface area contributed by atoms with Crippen molar-refractivity contribution >= 4 is 51.4 Å². The van der Waals surface area contributed by atoms with Gasteiger partial charge in [-0.1, -0.05) is 23.7 Å². The summed E-state index contributed by atoms with van der Waals surface area (Å²) in [6, 6.07) is 8.85. The van der Waals surface area contributed by atoms with Crippen molar-refractivity contribution in [3.8, 4) is 11.6 Å². The third kappa shape index (κ3) is 10.7. The minimum absolute atomic E-state index is 0.0578. The number of hydrogen-bond donors (Lipinski definition) is 1. The Balaban J connectivity index is 1.33. The Morgan fingerprint density at radius 2 is 1.76 bits per heavy atom. The Hall–Kier alpha value is -4.63. The summed E-state index contributed by atoms with van der Waals surface area (Å²) in [5.41, 5.74) is 1.09. The predicted molar refractivity (Wildman–Crippen MR) is 176 cm³/mol. The Kier molecular flexibility index (Phi) is 12.3. The van der Waals surface area contributed by atoms with Crippen LogP contribution in [-0.2, 0) is 20.8 Å². The lowest BCUT2D eigenvalue weighted by Gasteiger charge is -2.27. The fourth-order valence-corrected chi connectivity index (χ4v) is 4.90. The van der Waals surface area contributed by atoms with Crippen molar-refractivity contribution in [3.05, 3.63) is 58.7 Å². The normalized spacial score (nSPS) is 11.8. The molecule has 2 aromatic carbocycles. The number of aromatic nitrogens is 3. The van der Waals surface area contributed by atoms with E-state index in [1.54, 1.807) is 52.2 Å². The van der Waals surface area contributed by atoms with Crippen molar-refractivity contribution in [2.75, 3.05) is 45.8 Å². The fourth-order valence-electron chi connectivity index (χ4n) is 4.66. The van der Waals surface area contributed by atoms with Gasteiger partial charge in [-0.2, -0.15) is 0 Å². The Bertz CT molecular complexity index is 1790. The number of carbonyl (C=O) groups excluding carboxylic acids is 2. The van der Waals surface area contributed by atoms with Crippen LogP contribution in [0.5, 0.6) is 11.6 Å². The van der Waals surface area contributed by atoms with E-state index in [0.29, 0.717) is 59.5 Å². The number of ether oxygens (including phenoxy) is 5. The fraction of sp³-hybridized carbons (Fsp3) is 0.424. The van der Waals surface area contributed by atoms with E-state index >= 15 is 0 Å². The van der Waals surface area contributed by atoms with Crippen molar-refractivity contribution in [3.63, 3.8) is 0 Å². The number of fused-ring (bicyclic) bond motifs is 3. The first-order chi connectivity index (χ1) is 23.2. The Labute approximate surface area is 285 Å². The van der Waals surface area contributed by atoms with E-state index in [2.05, 4.69) is 25.0 Å². The second-order valence-electron chi connectivity index (χ2n) is 11.7. The second kappa shape index (κ2) is 16.2. The standard InChI is InChI=1S/C33H37ClF3N5O7/c1-32(2,3)49-31(44)42(19-20-8-11-26(24(34)16-20)48-33(35,36)37)12-6-7-13-46-14-15-47-28-27-23(18-39-30(38-4)41-27)22-10-9-21(29(43)45-5)17-25(22)40-28/h8-11,16-18H,6-7,12-15,19H2,1-5H3,(H,38,39,41). The van der Waals surface area contributed by atoms with Crippen molar-refractivity contribution in [2.24, 2.45) is 0 Å². The number of anilines is 1. The predicted octanol–water partition coefficient (Wildman–Crippen LogP) is 7.17. The summed E-state index contributed by atoms with van der Waals surface area (Å²) in [4.78, 5) is 39.9. The average Bonchev–Trinajstić information content (AvgIpc) is 3.04. The maximum atomic E-state index is 12.9. The first-order valence-electron chi connectivity index (χ1n) is 15.3. The number of methoxy groups -OCH3 is 1. The van der Waals surface area contributed by atoms with Crippen LogP contribution in [0.2, 0.25) is 5.02 Å². The number of nitrogens with one attached hydrogen (secondary N) is 1. The molecule has 0 radical (unpaired) electrons. The molecule has 0 fully saturated rings. The minimum atomic E-state index is -4.88. The zero-order chi connectivity index (χ0) is 35.8. The third-order valence-corrected chi connectivity index (χ3v) is 7.12. The molecule has 0 aliphatic rings. The quantitative estimate of drug-likeness (QED) is 0.0812. The molecule has 0 saturated heterocycles. The SMILES string of the molecule is CNc1ncc2c(n1)c(OCCOCCCCN(Cc1ccc(OC(F)(F)F)c(Cl)c1)C(=O)OC(C)(C)C)nc1cc(C(=O)OC)ccc12. The highest BCUT2D eigenvalue weighted by atomic mass is 35.5. The van der Waals surface area contributed by atoms with Gasteiger partial charge in [-0.05, 0) is 63.4 Å². The number of nitrogens with zero attached hydrogens (tertiary/aromatic N) is 4. The van der Waals surface area contributed by atoms with Crippen molar-refractivity contribution in [1.82, 2.24) is 19.9 Å². The van der Waals surface area contributed by atoms with Crippen LogP contribution in [0, 0.1) is 0 Å². The van der Waals surface area contributed by atoms with Crippen LogP contribution in [0.15, 0.2) is 42.6 Å². The second-order valence-corrected chi connectivity index (χ2v) is 12.1. The number of pyridine rings is 1. The first kappa shape index (κ1) is 37.2. The molecule has 0 aliphatic heterocycles. The Morgan fingerprint density at radius 1 is 0.980 bits per heavy atom. The summed E-state index contributed by atoms with van der Waals surface area (Å²) in [6.45, 7) is 6.31. The molecule has 2 aromatic heterocycles. The molecule has 4 aromatic rings. The van der Waals surface area contributed by atoms with Gasteiger partial charge in [0.2, 0.25) is 11.8 Å². The third-order valence-electron chi connectivity index (χ3n) is 6.83. The van der Waals surface area contributed by atoms with E-state index in [-0.39, 0.29) is 30.7 Å². The summed E-state index contributed by atoms with van der Waals surface area (Å²) in [6.07, 6.45) is -2.66. The number of benzene rings is 2. The highest BCUT2D eigenvalue weighted by Gasteiger charge is 2.32.